The monoisotopic (exact) mass is 339 g/mol. The number of thioether (sulfide) groups is 2. The van der Waals surface area contributed by atoms with Gasteiger partial charge in [0.25, 0.3) is 0 Å². The second-order valence-corrected chi connectivity index (χ2v) is 6.71. The molecule has 2 rings (SSSR count). The Kier molecular flexibility index (Phi) is 5.43. The Bertz CT molecular complexity index is 544. The van der Waals surface area contributed by atoms with Crippen LogP contribution in [0.4, 0.5) is 23.2 Å². The van der Waals surface area contributed by atoms with E-state index in [0.717, 1.165) is 23.9 Å². The van der Waals surface area contributed by atoms with Crippen molar-refractivity contribution in [3.63, 3.8) is 0 Å². The Morgan fingerprint density at radius 1 is 1.38 bits per heavy atom. The van der Waals surface area contributed by atoms with Gasteiger partial charge in [0.05, 0.1) is 12.3 Å². The van der Waals surface area contributed by atoms with Gasteiger partial charge in [-0.05, 0) is 36.7 Å². The van der Waals surface area contributed by atoms with Gasteiger partial charge in [0, 0.05) is 16.7 Å². The third-order valence-corrected chi connectivity index (χ3v) is 5.01. The summed E-state index contributed by atoms with van der Waals surface area (Å²) in [4.78, 5) is 3.53. The predicted molar refractivity (Wildman–Crippen MR) is 79.5 cm³/mol. The highest BCUT2D eigenvalue weighted by molar-refractivity contribution is 8.13. The van der Waals surface area contributed by atoms with Crippen molar-refractivity contribution in [2.45, 2.75) is 24.4 Å². The van der Waals surface area contributed by atoms with E-state index in [-0.39, 0.29) is 5.69 Å². The molecule has 0 saturated carbocycles. The molecule has 0 aromatic heterocycles. The van der Waals surface area contributed by atoms with Crippen LogP contribution in [0.5, 0.6) is 0 Å². The van der Waals surface area contributed by atoms with Crippen LogP contribution < -0.4 is 10.3 Å². The topological polar surface area (TPSA) is 26.0 Å². The number of halogens is 4. The number of amidine groups is 1. The predicted octanol–water partition coefficient (Wildman–Crippen LogP) is 2.77. The van der Waals surface area contributed by atoms with Crippen LogP contribution in [-0.4, -0.2) is 29.4 Å². The molecule has 0 radical (unpaired) electrons. The van der Waals surface area contributed by atoms with Crippen LogP contribution in [-0.2, 0) is 0 Å². The average Bonchev–Trinajstić information content (AvgIpc) is 2.41. The van der Waals surface area contributed by atoms with Gasteiger partial charge >= 0.3 is 11.3 Å². The van der Waals surface area contributed by atoms with Crippen LogP contribution in [0.15, 0.2) is 17.0 Å². The first-order valence-electron chi connectivity index (χ1n) is 6.35. The van der Waals surface area contributed by atoms with Crippen molar-refractivity contribution in [2.75, 3.05) is 23.4 Å². The second kappa shape index (κ2) is 6.91. The van der Waals surface area contributed by atoms with Gasteiger partial charge in [-0.25, -0.2) is 9.71 Å². The number of anilines is 1. The first-order valence-corrected chi connectivity index (χ1v) is 8.32. The maximum Gasteiger partial charge on any atom is 0.398 e. The van der Waals surface area contributed by atoms with Crippen molar-refractivity contribution < 1.29 is 22.6 Å². The zero-order valence-electron chi connectivity index (χ0n) is 11.3. The van der Waals surface area contributed by atoms with Crippen LogP contribution in [0.2, 0.25) is 0 Å². The van der Waals surface area contributed by atoms with Crippen molar-refractivity contribution in [1.29, 1.82) is 0 Å². The zero-order valence-corrected chi connectivity index (χ0v) is 12.9. The highest BCUT2D eigenvalue weighted by Gasteiger charge is 2.28. The maximum atomic E-state index is 13.9. The highest BCUT2D eigenvalue weighted by atomic mass is 32.2. The summed E-state index contributed by atoms with van der Waals surface area (Å²) in [5, 5.41) is 3.65. The average molecular weight is 339 g/mol. The van der Waals surface area contributed by atoms with E-state index in [0.29, 0.717) is 22.2 Å². The summed E-state index contributed by atoms with van der Waals surface area (Å²) in [5.74, 6) is -0.523. The third kappa shape index (κ3) is 5.10. The number of hydrogen-bond acceptors (Lipinski definition) is 3. The van der Waals surface area contributed by atoms with Gasteiger partial charge in [-0.1, -0.05) is 0 Å². The Morgan fingerprint density at radius 2 is 2.14 bits per heavy atom. The van der Waals surface area contributed by atoms with E-state index in [1.54, 1.807) is 6.92 Å². The van der Waals surface area contributed by atoms with E-state index >= 15 is 0 Å². The molecular formula is C13H15F4N2S2+. The third-order valence-electron chi connectivity index (χ3n) is 2.76. The summed E-state index contributed by atoms with van der Waals surface area (Å²) >= 11 is 2.21. The Morgan fingerprint density at radius 3 is 2.76 bits per heavy atom. The molecule has 0 fully saturated rings. The van der Waals surface area contributed by atoms with Gasteiger partial charge in [0.1, 0.15) is 0 Å². The lowest BCUT2D eigenvalue weighted by molar-refractivity contribution is -0.454. The van der Waals surface area contributed by atoms with Gasteiger partial charge in [-0.3, -0.25) is 4.99 Å². The summed E-state index contributed by atoms with van der Waals surface area (Å²) in [5.41, 5.74) is 0.698. The Balaban J connectivity index is 2.15. The largest absolute Gasteiger partial charge is 0.398 e. The second-order valence-electron chi connectivity index (χ2n) is 4.58. The van der Waals surface area contributed by atoms with Crippen LogP contribution in [0.1, 0.15) is 12.0 Å². The molecule has 1 aliphatic heterocycles. The molecule has 21 heavy (non-hydrogen) atoms. The molecule has 1 aromatic carbocycles. The standard InChI is InChI=1S/C13H14F4N2S2/c1-8-5-9(14)10(19-12-18-3-2-4-20-12)6-11(8)21-7-13(15,16)17/h5-6H,2-4,7H2,1H3,(H,18,19)/p+1. The van der Waals surface area contributed by atoms with Crippen molar-refractivity contribution in [3.8, 4) is 0 Å². The smallest absolute Gasteiger partial charge is 0.269 e. The molecular weight excluding hydrogens is 324 g/mol. The lowest BCUT2D eigenvalue weighted by atomic mass is 10.2. The fraction of sp³-hybridized carbons (Fsp3) is 0.462. The van der Waals surface area contributed by atoms with E-state index < -0.39 is 17.7 Å². The maximum absolute atomic E-state index is 13.9. The number of alkyl halides is 3. The molecule has 1 aromatic rings. The van der Waals surface area contributed by atoms with E-state index in [4.69, 9.17) is 0 Å². The number of nitrogens with one attached hydrogen (secondary N) is 2. The van der Waals surface area contributed by atoms with Gasteiger partial charge < -0.3 is 0 Å². The molecule has 0 saturated heterocycles. The van der Waals surface area contributed by atoms with E-state index in [1.807, 2.05) is 0 Å². The minimum atomic E-state index is -4.24. The first kappa shape index (κ1) is 16.5. The summed E-state index contributed by atoms with van der Waals surface area (Å²) in [6.07, 6.45) is -3.21. The summed E-state index contributed by atoms with van der Waals surface area (Å²) < 4.78 is 50.8. The molecule has 1 aliphatic rings. The lowest BCUT2D eigenvalue weighted by Gasteiger charge is -2.11. The molecule has 2 N–H and O–H groups in total. The van der Waals surface area contributed by atoms with Gasteiger partial charge in [-0.15, -0.1) is 11.8 Å². The summed E-state index contributed by atoms with van der Waals surface area (Å²) in [6, 6.07) is 2.69. The van der Waals surface area contributed by atoms with E-state index in [1.165, 1.54) is 23.9 Å². The lowest BCUT2D eigenvalue weighted by Crippen LogP contribution is -2.75. The molecule has 0 atom stereocenters. The van der Waals surface area contributed by atoms with Crippen LogP contribution >= 0.6 is 23.5 Å². The van der Waals surface area contributed by atoms with Crippen LogP contribution in [0, 0.1) is 12.7 Å². The van der Waals surface area contributed by atoms with Crippen LogP contribution in [0.25, 0.3) is 0 Å². The number of hydrogen-bond donors (Lipinski definition) is 2. The molecule has 0 unspecified atom stereocenters. The highest BCUT2D eigenvalue weighted by Crippen LogP contribution is 2.32. The van der Waals surface area contributed by atoms with Crippen molar-refractivity contribution >= 4 is 34.4 Å². The molecule has 116 valence electrons. The molecule has 0 amide bonds. The SMILES string of the molecule is Cc1cc(F)c(NC2=[NH+]CCCS2)cc1SCC(F)(F)F. The molecule has 8 heteroatoms. The minimum Gasteiger partial charge on any atom is -0.269 e. The fourth-order valence-corrected chi connectivity index (χ4v) is 3.45. The molecule has 1 heterocycles. The number of aryl methyl sites for hydroxylation is 1. The van der Waals surface area contributed by atoms with E-state index in [2.05, 4.69) is 10.3 Å². The Labute approximate surface area is 128 Å². The van der Waals surface area contributed by atoms with Gasteiger partial charge in [0.2, 0.25) is 0 Å². The first-order chi connectivity index (χ1) is 9.85. The zero-order chi connectivity index (χ0) is 15.5. The molecule has 0 spiro atoms. The quantitative estimate of drug-likeness (QED) is 0.655. The van der Waals surface area contributed by atoms with Gasteiger partial charge in [-0.2, -0.15) is 13.2 Å². The molecule has 0 aliphatic carbocycles. The van der Waals surface area contributed by atoms with Gasteiger partial charge in [0.15, 0.2) is 11.5 Å². The van der Waals surface area contributed by atoms with Crippen LogP contribution in [0.3, 0.4) is 0 Å². The van der Waals surface area contributed by atoms with E-state index in [9.17, 15) is 17.6 Å². The number of rotatable bonds is 3. The van der Waals surface area contributed by atoms with Crippen molar-refractivity contribution in [2.24, 2.45) is 0 Å². The summed E-state index contributed by atoms with van der Waals surface area (Å²) in [7, 11) is 0. The van der Waals surface area contributed by atoms with Crippen molar-refractivity contribution in [3.05, 3.63) is 23.5 Å². The van der Waals surface area contributed by atoms with Crippen molar-refractivity contribution in [1.82, 2.24) is 0 Å². The Hall–Kier alpha value is -0.890. The minimum absolute atomic E-state index is 0.196. The normalized spacial score (nSPS) is 15.8. The fourth-order valence-electron chi connectivity index (χ4n) is 1.77. The summed E-state index contributed by atoms with van der Waals surface area (Å²) in [6.45, 7) is 2.41. The molecule has 2 nitrogen and oxygen atoms in total. The molecule has 0 bridgehead atoms. The number of benzene rings is 1.